The number of rotatable bonds is 9. The zero-order valence-corrected chi connectivity index (χ0v) is 23.0. The maximum absolute atomic E-state index is 12.7. The minimum absolute atomic E-state index is 0.0350. The van der Waals surface area contributed by atoms with E-state index in [0.29, 0.717) is 25.7 Å². The number of aliphatic hydroxyl groups is 6. The predicted molar refractivity (Wildman–Crippen MR) is 135 cm³/mol. The Hall–Kier alpha value is -1.64. The number of aliphatic hydroxyl groups excluding tert-OH is 6. The van der Waals surface area contributed by atoms with Crippen LogP contribution >= 0.6 is 0 Å². The fourth-order valence-electron chi connectivity index (χ4n) is 6.46. The first-order valence-corrected chi connectivity index (χ1v) is 13.5. The van der Waals surface area contributed by atoms with E-state index in [0.717, 1.165) is 0 Å². The van der Waals surface area contributed by atoms with Crippen LogP contribution in [-0.2, 0) is 28.5 Å². The zero-order chi connectivity index (χ0) is 29.2. The van der Waals surface area contributed by atoms with E-state index in [1.807, 2.05) is 6.92 Å². The highest BCUT2D eigenvalue weighted by molar-refractivity contribution is 5.88. The molecule has 12 heteroatoms. The van der Waals surface area contributed by atoms with Gasteiger partial charge in [0.1, 0.15) is 30.5 Å². The monoisotopic (exact) mass is 560 g/mol. The summed E-state index contributed by atoms with van der Waals surface area (Å²) in [4.78, 5) is 24.9. The zero-order valence-electron chi connectivity index (χ0n) is 23.0. The van der Waals surface area contributed by atoms with Gasteiger partial charge in [-0.05, 0) is 43.4 Å². The minimum Gasteiger partial charge on any atom is -0.466 e. The lowest BCUT2D eigenvalue weighted by Gasteiger charge is -2.56. The van der Waals surface area contributed by atoms with Gasteiger partial charge in [-0.2, -0.15) is 0 Å². The summed E-state index contributed by atoms with van der Waals surface area (Å²) in [6.07, 6.45) is -8.43. The summed E-state index contributed by atoms with van der Waals surface area (Å²) in [7, 11) is 1.24. The van der Waals surface area contributed by atoms with Crippen molar-refractivity contribution in [2.45, 2.75) is 95.5 Å². The first-order valence-electron chi connectivity index (χ1n) is 13.5. The third-order valence-electron chi connectivity index (χ3n) is 8.93. The molecule has 0 aromatic rings. The van der Waals surface area contributed by atoms with Gasteiger partial charge in [-0.1, -0.05) is 27.4 Å². The first-order chi connectivity index (χ1) is 18.3. The SMILES string of the molecule is C=C(C(=O)OC)[C@@H]1CC[C@]2(C)[C@H](C(CO[C@@H]3O[C@H](CO)[C@@H](O)[C@H](O)[C@H]3O)CC[C@H]2OC(=O)C(O)C(C)C)[C@H]1O. The molecule has 3 fully saturated rings. The normalized spacial score (nSPS) is 41.4. The molecule has 1 aliphatic heterocycles. The summed E-state index contributed by atoms with van der Waals surface area (Å²) < 4.78 is 21.9. The summed E-state index contributed by atoms with van der Waals surface area (Å²) in [5.41, 5.74) is -0.615. The molecule has 0 aromatic heterocycles. The van der Waals surface area contributed by atoms with E-state index < -0.39 is 84.8 Å². The smallest absolute Gasteiger partial charge is 0.335 e. The Morgan fingerprint density at radius 1 is 1.05 bits per heavy atom. The largest absolute Gasteiger partial charge is 0.466 e. The van der Waals surface area contributed by atoms with Gasteiger partial charge in [-0.15, -0.1) is 0 Å². The fourth-order valence-corrected chi connectivity index (χ4v) is 6.46. The molecule has 2 unspecified atom stereocenters. The summed E-state index contributed by atoms with van der Waals surface area (Å²) in [5, 5.41) is 61.9. The van der Waals surface area contributed by atoms with Crippen LogP contribution in [0.4, 0.5) is 0 Å². The lowest BCUT2D eigenvalue weighted by Crippen LogP contribution is -2.61. The average Bonchev–Trinajstić information content (AvgIpc) is 2.91. The quantitative estimate of drug-likeness (QED) is 0.153. The van der Waals surface area contributed by atoms with Gasteiger partial charge in [-0.3, -0.25) is 0 Å². The van der Waals surface area contributed by atoms with Gasteiger partial charge in [-0.25, -0.2) is 9.59 Å². The number of carbonyl (C=O) groups excluding carboxylic acids is 2. The van der Waals surface area contributed by atoms with E-state index in [-0.39, 0.29) is 24.0 Å². The summed E-state index contributed by atoms with van der Waals surface area (Å²) in [6.45, 7) is 8.52. The van der Waals surface area contributed by atoms with Crippen LogP contribution in [0.25, 0.3) is 0 Å². The van der Waals surface area contributed by atoms with Crippen LogP contribution in [0.2, 0.25) is 0 Å². The van der Waals surface area contributed by atoms with Crippen molar-refractivity contribution in [2.75, 3.05) is 20.3 Å². The van der Waals surface area contributed by atoms with E-state index >= 15 is 0 Å². The molecule has 0 radical (unpaired) electrons. The van der Waals surface area contributed by atoms with Gasteiger partial charge in [0, 0.05) is 16.9 Å². The molecule has 39 heavy (non-hydrogen) atoms. The average molecular weight is 561 g/mol. The number of hydrogen-bond acceptors (Lipinski definition) is 12. The van der Waals surface area contributed by atoms with Gasteiger partial charge in [0.15, 0.2) is 12.4 Å². The number of fused-ring (bicyclic) bond motifs is 1. The molecule has 2 aliphatic carbocycles. The van der Waals surface area contributed by atoms with Crippen LogP contribution in [0, 0.1) is 29.1 Å². The van der Waals surface area contributed by atoms with Crippen molar-refractivity contribution >= 4 is 11.9 Å². The lowest BCUT2D eigenvalue weighted by molar-refractivity contribution is -0.307. The van der Waals surface area contributed by atoms with Crippen LogP contribution in [0.1, 0.15) is 46.5 Å². The highest BCUT2D eigenvalue weighted by Gasteiger charge is 2.58. The highest BCUT2D eigenvalue weighted by Crippen LogP contribution is 2.56. The Morgan fingerprint density at radius 2 is 1.72 bits per heavy atom. The second-order valence-electron chi connectivity index (χ2n) is 11.7. The molecular weight excluding hydrogens is 516 g/mol. The molecule has 0 amide bonds. The maximum atomic E-state index is 12.7. The van der Waals surface area contributed by atoms with Crippen molar-refractivity contribution in [3.63, 3.8) is 0 Å². The molecule has 224 valence electrons. The van der Waals surface area contributed by atoms with E-state index in [1.165, 1.54) is 7.11 Å². The Labute approximate surface area is 228 Å². The van der Waals surface area contributed by atoms with Crippen LogP contribution < -0.4 is 0 Å². The Balaban J connectivity index is 1.85. The molecule has 3 aliphatic rings. The molecule has 0 bridgehead atoms. The van der Waals surface area contributed by atoms with Crippen molar-refractivity contribution in [2.24, 2.45) is 29.1 Å². The van der Waals surface area contributed by atoms with Crippen molar-refractivity contribution in [1.29, 1.82) is 0 Å². The minimum atomic E-state index is -1.60. The van der Waals surface area contributed by atoms with Crippen LogP contribution in [0.5, 0.6) is 0 Å². The third kappa shape index (κ3) is 6.33. The summed E-state index contributed by atoms with van der Waals surface area (Å²) in [6, 6.07) is 0. The number of ether oxygens (including phenoxy) is 4. The van der Waals surface area contributed by atoms with E-state index in [2.05, 4.69) is 6.58 Å². The second kappa shape index (κ2) is 12.9. The second-order valence-corrected chi connectivity index (χ2v) is 11.7. The Morgan fingerprint density at radius 3 is 2.31 bits per heavy atom. The number of methoxy groups -OCH3 is 1. The molecule has 12 atom stereocenters. The molecule has 2 saturated carbocycles. The predicted octanol–water partition coefficient (Wildman–Crippen LogP) is -0.736. The van der Waals surface area contributed by atoms with E-state index in [4.69, 9.17) is 18.9 Å². The molecule has 0 spiro atoms. The lowest BCUT2D eigenvalue weighted by atomic mass is 9.52. The molecule has 1 saturated heterocycles. The molecule has 12 nitrogen and oxygen atoms in total. The van der Waals surface area contributed by atoms with Gasteiger partial charge in [0.25, 0.3) is 0 Å². The molecular formula is C27H44O12. The first kappa shape index (κ1) is 31.9. The standard InChI is InChI=1S/C27H44O12/c1-12(2)19(29)25(35)39-17-7-6-14(11-37-26-23(33)22(32)21(31)16(10-28)38-26)18-20(30)15(8-9-27(17,18)4)13(3)24(34)36-5/h12,14-23,26,28-33H,3,6-11H2,1-2,4-5H3/t14?,15-,16+,17+,18+,19?,20-,21+,22-,23+,26+,27-/m0/s1. The fraction of sp³-hybridized carbons (Fsp3) is 0.852. The Kier molecular flexibility index (Phi) is 10.5. The number of hydrogen-bond donors (Lipinski definition) is 6. The molecule has 0 aromatic carbocycles. The van der Waals surface area contributed by atoms with E-state index in [1.54, 1.807) is 13.8 Å². The molecule has 1 heterocycles. The Bertz CT molecular complexity index is 877. The summed E-state index contributed by atoms with van der Waals surface area (Å²) in [5.74, 6) is -3.21. The van der Waals surface area contributed by atoms with Crippen LogP contribution in [0.15, 0.2) is 12.2 Å². The van der Waals surface area contributed by atoms with Crippen LogP contribution in [0.3, 0.4) is 0 Å². The molecule has 6 N–H and O–H groups in total. The van der Waals surface area contributed by atoms with Gasteiger partial charge in [0.05, 0.1) is 26.4 Å². The maximum Gasteiger partial charge on any atom is 0.335 e. The third-order valence-corrected chi connectivity index (χ3v) is 8.93. The van der Waals surface area contributed by atoms with Gasteiger partial charge < -0.3 is 49.6 Å². The van der Waals surface area contributed by atoms with Gasteiger partial charge in [0.2, 0.25) is 0 Å². The van der Waals surface area contributed by atoms with Crippen molar-refractivity contribution in [1.82, 2.24) is 0 Å². The summed E-state index contributed by atoms with van der Waals surface area (Å²) >= 11 is 0. The topological polar surface area (TPSA) is 192 Å². The van der Waals surface area contributed by atoms with Gasteiger partial charge >= 0.3 is 11.9 Å². The molecule has 3 rings (SSSR count). The van der Waals surface area contributed by atoms with Crippen LogP contribution in [-0.4, -0.2) is 112 Å². The number of carbonyl (C=O) groups is 2. The van der Waals surface area contributed by atoms with Crippen molar-refractivity contribution in [3.05, 3.63) is 12.2 Å². The van der Waals surface area contributed by atoms with Crippen molar-refractivity contribution in [3.8, 4) is 0 Å². The van der Waals surface area contributed by atoms with Crippen molar-refractivity contribution < 1.29 is 59.2 Å². The highest BCUT2D eigenvalue weighted by atomic mass is 16.7. The van der Waals surface area contributed by atoms with E-state index in [9.17, 15) is 40.2 Å². The number of esters is 2.